The Morgan fingerprint density at radius 1 is 1.56 bits per heavy atom. The first-order valence-electron chi connectivity index (χ1n) is 5.66. The second-order valence-corrected chi connectivity index (χ2v) is 5.82. The van der Waals surface area contributed by atoms with Crippen LogP contribution in [-0.4, -0.2) is 30.6 Å². The number of amides is 2. The van der Waals surface area contributed by atoms with Gasteiger partial charge in [0, 0.05) is 29.9 Å². The average Bonchev–Trinajstić information content (AvgIpc) is 2.75. The Hall–Kier alpha value is -1.03. The molecule has 1 fully saturated rings. The van der Waals surface area contributed by atoms with Crippen molar-refractivity contribution in [1.29, 1.82) is 0 Å². The minimum absolute atomic E-state index is 0.0445. The van der Waals surface area contributed by atoms with Crippen LogP contribution in [0, 0.1) is 0 Å². The molecule has 0 radical (unpaired) electrons. The number of urea groups is 1. The minimum atomic E-state index is 0.0445. The van der Waals surface area contributed by atoms with Crippen molar-refractivity contribution in [2.75, 3.05) is 19.6 Å². The molecule has 0 spiro atoms. The molecule has 1 N–H and O–H groups in total. The Bertz CT molecular complexity index is 359. The van der Waals surface area contributed by atoms with E-state index < -0.39 is 0 Å². The van der Waals surface area contributed by atoms with E-state index in [0.717, 1.165) is 26.1 Å². The summed E-state index contributed by atoms with van der Waals surface area (Å²) in [5.41, 5.74) is 0.0445. The standard InChI is InChI=1S/C12H18N2OS/c1-12(2,10-5-3-8-16-10)9-14-7-4-6-13-11(14)15/h3,5,8H,4,6-7,9H2,1-2H3,(H,13,15). The van der Waals surface area contributed by atoms with E-state index in [4.69, 9.17) is 0 Å². The third-order valence-corrected chi connectivity index (χ3v) is 4.18. The van der Waals surface area contributed by atoms with Crippen molar-refractivity contribution in [2.24, 2.45) is 0 Å². The lowest BCUT2D eigenvalue weighted by Gasteiger charge is -2.34. The fourth-order valence-electron chi connectivity index (χ4n) is 2.05. The van der Waals surface area contributed by atoms with Gasteiger partial charge in [-0.15, -0.1) is 11.3 Å². The first kappa shape index (κ1) is 11.5. The molecule has 0 saturated carbocycles. The number of hydrogen-bond acceptors (Lipinski definition) is 2. The number of rotatable bonds is 3. The molecule has 88 valence electrons. The predicted octanol–water partition coefficient (Wildman–Crippen LogP) is 2.44. The van der Waals surface area contributed by atoms with Crippen molar-refractivity contribution in [2.45, 2.75) is 25.7 Å². The highest BCUT2D eigenvalue weighted by molar-refractivity contribution is 7.10. The summed E-state index contributed by atoms with van der Waals surface area (Å²) >= 11 is 1.76. The zero-order chi connectivity index (χ0) is 11.6. The van der Waals surface area contributed by atoms with Gasteiger partial charge in [0.25, 0.3) is 0 Å². The molecule has 0 atom stereocenters. The van der Waals surface area contributed by atoms with Crippen LogP contribution in [0.4, 0.5) is 4.79 Å². The van der Waals surface area contributed by atoms with Gasteiger partial charge < -0.3 is 10.2 Å². The Balaban J connectivity index is 2.05. The third kappa shape index (κ3) is 2.38. The summed E-state index contributed by atoms with van der Waals surface area (Å²) in [6.45, 7) is 6.87. The molecular weight excluding hydrogens is 220 g/mol. The van der Waals surface area contributed by atoms with Crippen LogP contribution in [0.2, 0.25) is 0 Å². The summed E-state index contributed by atoms with van der Waals surface area (Å²) in [5, 5.41) is 4.98. The van der Waals surface area contributed by atoms with Crippen LogP contribution in [0.3, 0.4) is 0 Å². The maximum absolute atomic E-state index is 11.7. The predicted molar refractivity (Wildman–Crippen MR) is 66.9 cm³/mol. The Labute approximate surface area is 100 Å². The molecule has 0 bridgehead atoms. The lowest BCUT2D eigenvalue weighted by molar-refractivity contribution is 0.173. The monoisotopic (exact) mass is 238 g/mol. The van der Waals surface area contributed by atoms with Gasteiger partial charge in [0.05, 0.1) is 0 Å². The van der Waals surface area contributed by atoms with Crippen LogP contribution >= 0.6 is 11.3 Å². The van der Waals surface area contributed by atoms with Gasteiger partial charge in [-0.25, -0.2) is 4.79 Å². The SMILES string of the molecule is CC(C)(CN1CCCNC1=O)c1cccs1. The van der Waals surface area contributed by atoms with Crippen molar-refractivity contribution in [3.8, 4) is 0 Å². The normalized spacial score (nSPS) is 17.4. The molecule has 2 heterocycles. The molecule has 0 aliphatic carbocycles. The summed E-state index contributed by atoms with van der Waals surface area (Å²) in [4.78, 5) is 14.9. The number of carbonyl (C=O) groups is 1. The van der Waals surface area contributed by atoms with E-state index in [0.29, 0.717) is 0 Å². The summed E-state index contributed by atoms with van der Waals surface area (Å²) in [7, 11) is 0. The molecule has 4 heteroatoms. The van der Waals surface area contributed by atoms with Gasteiger partial charge in [0.2, 0.25) is 0 Å². The zero-order valence-corrected chi connectivity index (χ0v) is 10.6. The molecule has 2 amide bonds. The lowest BCUT2D eigenvalue weighted by Crippen LogP contribution is -2.50. The van der Waals surface area contributed by atoms with Crippen LogP contribution in [0.1, 0.15) is 25.1 Å². The average molecular weight is 238 g/mol. The van der Waals surface area contributed by atoms with Crippen LogP contribution in [0.5, 0.6) is 0 Å². The molecule has 1 aromatic heterocycles. The summed E-state index contributed by atoms with van der Waals surface area (Å²) in [6.07, 6.45) is 1.05. The number of hydrogen-bond donors (Lipinski definition) is 1. The van der Waals surface area contributed by atoms with Gasteiger partial charge in [0.1, 0.15) is 0 Å². The van der Waals surface area contributed by atoms with Crippen LogP contribution in [0.15, 0.2) is 17.5 Å². The highest BCUT2D eigenvalue weighted by atomic mass is 32.1. The van der Waals surface area contributed by atoms with Gasteiger partial charge in [-0.1, -0.05) is 19.9 Å². The topological polar surface area (TPSA) is 32.3 Å². The smallest absolute Gasteiger partial charge is 0.317 e. The summed E-state index contributed by atoms with van der Waals surface area (Å²) in [5.74, 6) is 0. The number of carbonyl (C=O) groups excluding carboxylic acids is 1. The first-order chi connectivity index (χ1) is 7.59. The maximum atomic E-state index is 11.7. The van der Waals surface area contributed by atoms with E-state index in [1.54, 1.807) is 11.3 Å². The fourth-order valence-corrected chi connectivity index (χ4v) is 2.89. The third-order valence-electron chi connectivity index (χ3n) is 2.94. The Morgan fingerprint density at radius 2 is 2.38 bits per heavy atom. The van der Waals surface area contributed by atoms with E-state index in [1.807, 2.05) is 4.90 Å². The molecule has 2 rings (SSSR count). The molecule has 1 saturated heterocycles. The molecule has 1 aromatic rings. The molecular formula is C12H18N2OS. The van der Waals surface area contributed by atoms with E-state index in [1.165, 1.54) is 4.88 Å². The van der Waals surface area contributed by atoms with Gasteiger partial charge in [-0.3, -0.25) is 0 Å². The molecule has 0 aromatic carbocycles. The highest BCUT2D eigenvalue weighted by Gasteiger charge is 2.28. The number of nitrogens with one attached hydrogen (secondary N) is 1. The fraction of sp³-hybridized carbons (Fsp3) is 0.583. The Morgan fingerprint density at radius 3 is 3.00 bits per heavy atom. The van der Waals surface area contributed by atoms with E-state index in [-0.39, 0.29) is 11.4 Å². The number of thiophene rings is 1. The van der Waals surface area contributed by atoms with Crippen molar-refractivity contribution in [3.63, 3.8) is 0 Å². The van der Waals surface area contributed by atoms with Crippen molar-refractivity contribution in [1.82, 2.24) is 10.2 Å². The van der Waals surface area contributed by atoms with Gasteiger partial charge in [-0.2, -0.15) is 0 Å². The molecule has 1 aliphatic heterocycles. The second-order valence-electron chi connectivity index (χ2n) is 4.87. The summed E-state index contributed by atoms with van der Waals surface area (Å²) < 4.78 is 0. The molecule has 16 heavy (non-hydrogen) atoms. The largest absolute Gasteiger partial charge is 0.338 e. The minimum Gasteiger partial charge on any atom is -0.338 e. The van der Waals surface area contributed by atoms with E-state index in [9.17, 15) is 4.79 Å². The zero-order valence-electron chi connectivity index (χ0n) is 9.82. The van der Waals surface area contributed by atoms with Crippen molar-refractivity contribution < 1.29 is 4.79 Å². The van der Waals surface area contributed by atoms with Crippen molar-refractivity contribution in [3.05, 3.63) is 22.4 Å². The highest BCUT2D eigenvalue weighted by Crippen LogP contribution is 2.28. The van der Waals surface area contributed by atoms with Crippen LogP contribution < -0.4 is 5.32 Å². The maximum Gasteiger partial charge on any atom is 0.317 e. The lowest BCUT2D eigenvalue weighted by atomic mass is 9.90. The van der Waals surface area contributed by atoms with Gasteiger partial charge in [-0.05, 0) is 17.9 Å². The van der Waals surface area contributed by atoms with Gasteiger partial charge >= 0.3 is 6.03 Å². The quantitative estimate of drug-likeness (QED) is 0.862. The first-order valence-corrected chi connectivity index (χ1v) is 6.54. The van der Waals surface area contributed by atoms with Crippen molar-refractivity contribution >= 4 is 17.4 Å². The molecule has 3 nitrogen and oxygen atoms in total. The molecule has 0 unspecified atom stereocenters. The molecule has 1 aliphatic rings. The van der Waals surface area contributed by atoms with Crippen LogP contribution in [-0.2, 0) is 5.41 Å². The summed E-state index contributed by atoms with van der Waals surface area (Å²) in [6, 6.07) is 4.29. The van der Waals surface area contributed by atoms with Gasteiger partial charge in [0.15, 0.2) is 0 Å². The number of nitrogens with zero attached hydrogens (tertiary/aromatic N) is 1. The van der Waals surface area contributed by atoms with E-state index >= 15 is 0 Å². The second kappa shape index (κ2) is 4.45. The van der Waals surface area contributed by atoms with E-state index in [2.05, 4.69) is 36.7 Å². The Kier molecular flexibility index (Phi) is 3.19. The van der Waals surface area contributed by atoms with Crippen LogP contribution in [0.25, 0.3) is 0 Å².